The van der Waals surface area contributed by atoms with E-state index in [1.165, 1.54) is 19.4 Å². The molecule has 0 radical (unpaired) electrons. The van der Waals surface area contributed by atoms with Crippen molar-refractivity contribution in [2.24, 2.45) is 7.05 Å². The van der Waals surface area contributed by atoms with Gasteiger partial charge in [0.1, 0.15) is 0 Å². The molecule has 1 atom stereocenters. The van der Waals surface area contributed by atoms with E-state index in [-0.39, 0.29) is 0 Å². The molecule has 2 aromatic heterocycles. The molecule has 23 heavy (non-hydrogen) atoms. The predicted octanol–water partition coefficient (Wildman–Crippen LogP) is 2.39. The molecule has 0 unspecified atom stereocenters. The summed E-state index contributed by atoms with van der Waals surface area (Å²) in [7, 11) is 4.17. The van der Waals surface area contributed by atoms with Gasteiger partial charge in [0, 0.05) is 37.1 Å². The number of rotatable bonds is 5. The maximum atomic E-state index is 4.67. The van der Waals surface area contributed by atoms with Crippen LogP contribution in [0.25, 0.3) is 11.3 Å². The first-order chi connectivity index (χ1) is 11.1. The van der Waals surface area contributed by atoms with Crippen LogP contribution in [0.5, 0.6) is 0 Å². The molecule has 0 saturated carbocycles. The first-order valence-corrected chi connectivity index (χ1v) is 8.34. The van der Waals surface area contributed by atoms with E-state index in [1.54, 1.807) is 0 Å². The van der Waals surface area contributed by atoms with Crippen molar-refractivity contribution >= 4 is 5.95 Å². The Labute approximate surface area is 137 Å². The Hall–Kier alpha value is -1.95. The van der Waals surface area contributed by atoms with Crippen molar-refractivity contribution in [3.05, 3.63) is 23.7 Å². The van der Waals surface area contributed by atoms with Crippen LogP contribution in [-0.4, -0.2) is 50.8 Å². The second kappa shape index (κ2) is 6.66. The van der Waals surface area contributed by atoms with E-state index in [1.807, 2.05) is 30.9 Å². The molecule has 124 valence electrons. The first kappa shape index (κ1) is 15.9. The molecule has 0 spiro atoms. The summed E-state index contributed by atoms with van der Waals surface area (Å²) < 4.78 is 1.90. The molecule has 1 N–H and O–H groups in total. The van der Waals surface area contributed by atoms with Crippen LogP contribution < -0.4 is 5.32 Å². The van der Waals surface area contributed by atoms with E-state index in [0.29, 0.717) is 12.0 Å². The molecule has 0 aromatic carbocycles. The molecule has 0 bridgehead atoms. The summed E-state index contributed by atoms with van der Waals surface area (Å²) in [5, 5.41) is 7.84. The summed E-state index contributed by atoms with van der Waals surface area (Å²) in [5.41, 5.74) is 4.17. The lowest BCUT2D eigenvalue weighted by atomic mass is 10.1. The van der Waals surface area contributed by atoms with E-state index >= 15 is 0 Å². The topological polar surface area (TPSA) is 58.9 Å². The van der Waals surface area contributed by atoms with Gasteiger partial charge >= 0.3 is 0 Å². The molecule has 1 aliphatic heterocycles. The minimum atomic E-state index is 0.688. The lowest BCUT2D eigenvalue weighted by Crippen LogP contribution is -2.27. The summed E-state index contributed by atoms with van der Waals surface area (Å²) in [5.74, 6) is 0.700. The molecular weight excluding hydrogens is 288 g/mol. The summed E-state index contributed by atoms with van der Waals surface area (Å²) in [6.45, 7) is 6.22. The zero-order valence-corrected chi connectivity index (χ0v) is 14.5. The summed E-state index contributed by atoms with van der Waals surface area (Å²) in [4.78, 5) is 11.5. The first-order valence-electron chi connectivity index (χ1n) is 8.34. The molecule has 0 amide bonds. The number of hydrogen-bond acceptors (Lipinski definition) is 5. The average Bonchev–Trinajstić information content (AvgIpc) is 3.03. The summed E-state index contributed by atoms with van der Waals surface area (Å²) in [6.07, 6.45) is 5.56. The Balaban J connectivity index is 1.68. The van der Waals surface area contributed by atoms with Gasteiger partial charge in [-0.1, -0.05) is 0 Å². The largest absolute Gasteiger partial charge is 0.354 e. The van der Waals surface area contributed by atoms with Gasteiger partial charge in [0.15, 0.2) is 0 Å². The maximum Gasteiger partial charge on any atom is 0.223 e. The minimum absolute atomic E-state index is 0.688. The van der Waals surface area contributed by atoms with Gasteiger partial charge in [0.05, 0.1) is 11.4 Å². The lowest BCUT2D eigenvalue weighted by molar-refractivity contribution is 0.301. The molecular formula is C17H26N6. The minimum Gasteiger partial charge on any atom is -0.354 e. The van der Waals surface area contributed by atoms with Crippen LogP contribution in [0.15, 0.2) is 12.3 Å². The highest BCUT2D eigenvalue weighted by Crippen LogP contribution is 2.25. The van der Waals surface area contributed by atoms with Crippen molar-refractivity contribution in [3.8, 4) is 11.3 Å². The van der Waals surface area contributed by atoms with E-state index in [0.717, 1.165) is 35.6 Å². The third kappa shape index (κ3) is 3.37. The molecule has 0 aliphatic carbocycles. The van der Waals surface area contributed by atoms with Gasteiger partial charge in [0.25, 0.3) is 0 Å². The zero-order valence-electron chi connectivity index (χ0n) is 14.5. The van der Waals surface area contributed by atoms with Crippen LogP contribution in [0.4, 0.5) is 5.95 Å². The third-order valence-corrected chi connectivity index (χ3v) is 4.85. The monoisotopic (exact) mass is 314 g/mol. The Morgan fingerprint density at radius 1 is 1.30 bits per heavy atom. The summed E-state index contributed by atoms with van der Waals surface area (Å²) in [6, 6.07) is 2.64. The van der Waals surface area contributed by atoms with Gasteiger partial charge in [-0.05, 0) is 52.8 Å². The fraction of sp³-hybridized carbons (Fsp3) is 0.588. The second-order valence-corrected chi connectivity index (χ2v) is 6.43. The molecule has 6 nitrogen and oxygen atoms in total. The number of aromatic nitrogens is 4. The van der Waals surface area contributed by atoms with Crippen LogP contribution in [0.3, 0.4) is 0 Å². The fourth-order valence-corrected chi connectivity index (χ4v) is 3.42. The van der Waals surface area contributed by atoms with Gasteiger partial charge in [-0.3, -0.25) is 4.68 Å². The number of hydrogen-bond donors (Lipinski definition) is 1. The van der Waals surface area contributed by atoms with Gasteiger partial charge in [-0.15, -0.1) is 0 Å². The van der Waals surface area contributed by atoms with Crippen LogP contribution in [0, 0.1) is 13.8 Å². The van der Waals surface area contributed by atoms with Crippen LogP contribution in [-0.2, 0) is 7.05 Å². The van der Waals surface area contributed by atoms with Crippen molar-refractivity contribution in [2.75, 3.05) is 25.5 Å². The highest BCUT2D eigenvalue weighted by molar-refractivity contribution is 5.65. The maximum absolute atomic E-state index is 4.67. The Morgan fingerprint density at radius 2 is 2.13 bits per heavy atom. The molecule has 6 heteroatoms. The standard InChI is InChI=1S/C17H26N6/c1-12-16(13(2)23(4)21-12)15-8-10-19-17(20-15)18-9-7-14-6-5-11-22(14)3/h8,10,14H,5-7,9,11H2,1-4H3,(H,18,19,20)/t14-/m1/s1. The van der Waals surface area contributed by atoms with Gasteiger partial charge in [-0.2, -0.15) is 5.10 Å². The molecule has 1 fully saturated rings. The van der Waals surface area contributed by atoms with Crippen molar-refractivity contribution in [1.82, 2.24) is 24.6 Å². The van der Waals surface area contributed by atoms with Crippen molar-refractivity contribution in [3.63, 3.8) is 0 Å². The van der Waals surface area contributed by atoms with Gasteiger partial charge in [-0.25, -0.2) is 9.97 Å². The van der Waals surface area contributed by atoms with Crippen molar-refractivity contribution in [2.45, 2.75) is 39.2 Å². The molecule has 1 saturated heterocycles. The Morgan fingerprint density at radius 3 is 2.78 bits per heavy atom. The molecule has 3 heterocycles. The zero-order chi connectivity index (χ0) is 16.4. The SMILES string of the molecule is Cc1nn(C)c(C)c1-c1ccnc(NCC[C@H]2CCCN2C)n1. The molecule has 3 rings (SSSR count). The molecule has 1 aliphatic rings. The van der Waals surface area contributed by atoms with Gasteiger partial charge < -0.3 is 10.2 Å². The number of nitrogens with zero attached hydrogens (tertiary/aromatic N) is 5. The van der Waals surface area contributed by atoms with Crippen molar-refractivity contribution < 1.29 is 0 Å². The summed E-state index contributed by atoms with van der Waals surface area (Å²) >= 11 is 0. The molecule has 2 aromatic rings. The third-order valence-electron chi connectivity index (χ3n) is 4.85. The van der Waals surface area contributed by atoms with E-state index < -0.39 is 0 Å². The quantitative estimate of drug-likeness (QED) is 0.918. The van der Waals surface area contributed by atoms with Crippen LogP contribution in [0.2, 0.25) is 0 Å². The van der Waals surface area contributed by atoms with Gasteiger partial charge in [0.2, 0.25) is 5.95 Å². The second-order valence-electron chi connectivity index (χ2n) is 6.43. The average molecular weight is 314 g/mol. The Kier molecular flexibility index (Phi) is 4.61. The van der Waals surface area contributed by atoms with E-state index in [4.69, 9.17) is 0 Å². The number of likely N-dealkylation sites (tertiary alicyclic amines) is 1. The number of anilines is 1. The number of aryl methyl sites for hydroxylation is 2. The van der Waals surface area contributed by atoms with E-state index in [9.17, 15) is 0 Å². The van der Waals surface area contributed by atoms with Crippen LogP contribution in [0.1, 0.15) is 30.7 Å². The van der Waals surface area contributed by atoms with Crippen molar-refractivity contribution in [1.29, 1.82) is 0 Å². The Bertz CT molecular complexity index is 678. The number of nitrogens with one attached hydrogen (secondary N) is 1. The van der Waals surface area contributed by atoms with E-state index in [2.05, 4.69) is 39.3 Å². The normalized spacial score (nSPS) is 18.5. The highest BCUT2D eigenvalue weighted by Gasteiger charge is 2.20. The smallest absolute Gasteiger partial charge is 0.223 e. The highest BCUT2D eigenvalue weighted by atomic mass is 15.3. The predicted molar refractivity (Wildman–Crippen MR) is 92.5 cm³/mol. The fourth-order valence-electron chi connectivity index (χ4n) is 3.42. The lowest BCUT2D eigenvalue weighted by Gasteiger charge is -2.19. The van der Waals surface area contributed by atoms with Crippen LogP contribution >= 0.6 is 0 Å².